The lowest BCUT2D eigenvalue weighted by atomic mass is 9.99. The molecule has 1 saturated heterocycles. The van der Waals surface area contributed by atoms with Crippen LogP contribution in [0.1, 0.15) is 30.4 Å². The number of ether oxygens (including phenoxy) is 2. The first-order valence-corrected chi connectivity index (χ1v) is 10.3. The summed E-state index contributed by atoms with van der Waals surface area (Å²) in [5, 5.41) is 0. The first-order valence-electron chi connectivity index (χ1n) is 8.83. The van der Waals surface area contributed by atoms with Crippen molar-refractivity contribution in [1.29, 1.82) is 0 Å². The molecule has 26 heavy (non-hydrogen) atoms. The maximum absolute atomic E-state index is 13.0. The number of hydrogen-bond donors (Lipinski definition) is 0. The summed E-state index contributed by atoms with van der Waals surface area (Å²) in [6, 6.07) is 12.9. The second kappa shape index (κ2) is 7.68. The molecule has 1 heterocycles. The van der Waals surface area contributed by atoms with Gasteiger partial charge in [0.2, 0.25) is 10.0 Å². The molecule has 1 unspecified atom stereocenters. The highest BCUT2D eigenvalue weighted by atomic mass is 32.2. The van der Waals surface area contributed by atoms with Gasteiger partial charge < -0.3 is 9.47 Å². The van der Waals surface area contributed by atoms with Gasteiger partial charge in [-0.3, -0.25) is 0 Å². The summed E-state index contributed by atoms with van der Waals surface area (Å²) in [4.78, 5) is 0.328. The average molecular weight is 375 g/mol. The molecule has 2 aromatic rings. The van der Waals surface area contributed by atoms with E-state index in [0.29, 0.717) is 24.6 Å². The van der Waals surface area contributed by atoms with Crippen molar-refractivity contribution >= 4 is 10.0 Å². The normalized spacial score (nSPS) is 18.0. The van der Waals surface area contributed by atoms with Gasteiger partial charge >= 0.3 is 0 Å². The van der Waals surface area contributed by atoms with E-state index in [0.717, 1.165) is 29.0 Å². The largest absolute Gasteiger partial charge is 0.497 e. The summed E-state index contributed by atoms with van der Waals surface area (Å²) < 4.78 is 38.3. The third-order valence-electron chi connectivity index (χ3n) is 4.82. The molecule has 5 nitrogen and oxygen atoms in total. The predicted molar refractivity (Wildman–Crippen MR) is 101 cm³/mol. The molecule has 0 N–H and O–H groups in total. The fourth-order valence-corrected chi connectivity index (χ4v) is 4.93. The Hall–Kier alpha value is -2.05. The number of aryl methyl sites for hydroxylation is 1. The summed E-state index contributed by atoms with van der Waals surface area (Å²) in [5.41, 5.74) is 1.98. The summed E-state index contributed by atoms with van der Waals surface area (Å²) in [5.74, 6) is 1.74. The smallest absolute Gasteiger partial charge is 0.243 e. The van der Waals surface area contributed by atoms with E-state index in [9.17, 15) is 8.42 Å². The van der Waals surface area contributed by atoms with E-state index >= 15 is 0 Å². The van der Waals surface area contributed by atoms with Gasteiger partial charge in [-0.25, -0.2) is 8.42 Å². The number of sulfonamides is 1. The van der Waals surface area contributed by atoms with Gasteiger partial charge in [-0.15, -0.1) is 0 Å². The van der Waals surface area contributed by atoms with Crippen molar-refractivity contribution in [2.24, 2.45) is 0 Å². The summed E-state index contributed by atoms with van der Waals surface area (Å²) in [6.45, 7) is 5.37. The Labute approximate surface area is 155 Å². The van der Waals surface area contributed by atoms with Gasteiger partial charge in [0.25, 0.3) is 0 Å². The van der Waals surface area contributed by atoms with Crippen LogP contribution in [0.25, 0.3) is 0 Å². The van der Waals surface area contributed by atoms with E-state index in [-0.39, 0.29) is 5.92 Å². The second-order valence-corrected chi connectivity index (χ2v) is 8.42. The maximum Gasteiger partial charge on any atom is 0.243 e. The Kier molecular flexibility index (Phi) is 5.53. The van der Waals surface area contributed by atoms with Crippen LogP contribution in [-0.2, 0) is 10.0 Å². The van der Waals surface area contributed by atoms with Crippen LogP contribution in [0.3, 0.4) is 0 Å². The topological polar surface area (TPSA) is 55.8 Å². The van der Waals surface area contributed by atoms with Crippen molar-refractivity contribution < 1.29 is 17.9 Å². The molecular formula is C20H25NO4S. The van der Waals surface area contributed by atoms with Gasteiger partial charge in [-0.1, -0.05) is 12.1 Å². The Balaban J connectivity index is 1.77. The molecule has 0 saturated carbocycles. The Bertz CT molecular complexity index is 862. The first-order chi connectivity index (χ1) is 12.5. The Morgan fingerprint density at radius 2 is 1.88 bits per heavy atom. The van der Waals surface area contributed by atoms with E-state index in [1.165, 1.54) is 0 Å². The zero-order chi connectivity index (χ0) is 18.7. The molecule has 0 aliphatic carbocycles. The van der Waals surface area contributed by atoms with Gasteiger partial charge in [0, 0.05) is 13.1 Å². The van der Waals surface area contributed by atoms with Crippen LogP contribution < -0.4 is 9.47 Å². The Morgan fingerprint density at radius 1 is 1.15 bits per heavy atom. The van der Waals surface area contributed by atoms with Gasteiger partial charge in [-0.2, -0.15) is 4.31 Å². The van der Waals surface area contributed by atoms with Gasteiger partial charge in [0.15, 0.2) is 0 Å². The SMILES string of the molecule is CCOc1ccc(S(=O)(=O)N2CCC(c3ccc(OC)cc3)C2)cc1C. The lowest BCUT2D eigenvalue weighted by Gasteiger charge is -2.18. The van der Waals surface area contributed by atoms with E-state index in [1.54, 1.807) is 29.6 Å². The minimum atomic E-state index is -3.49. The van der Waals surface area contributed by atoms with Gasteiger partial charge in [0.1, 0.15) is 11.5 Å². The zero-order valence-corrected chi connectivity index (χ0v) is 16.3. The Morgan fingerprint density at radius 3 is 2.50 bits per heavy atom. The molecule has 3 rings (SSSR count). The van der Waals surface area contributed by atoms with Crippen molar-refractivity contribution in [2.75, 3.05) is 26.8 Å². The third kappa shape index (κ3) is 3.71. The third-order valence-corrected chi connectivity index (χ3v) is 6.68. The summed E-state index contributed by atoms with van der Waals surface area (Å²) in [6.07, 6.45) is 0.821. The second-order valence-electron chi connectivity index (χ2n) is 6.48. The minimum Gasteiger partial charge on any atom is -0.497 e. The van der Waals surface area contributed by atoms with Gasteiger partial charge in [0.05, 0.1) is 18.6 Å². The molecule has 0 aromatic heterocycles. The fourth-order valence-electron chi connectivity index (χ4n) is 3.34. The highest BCUT2D eigenvalue weighted by Gasteiger charge is 2.33. The molecule has 1 fully saturated rings. The van der Waals surface area contributed by atoms with Crippen LogP contribution in [0.15, 0.2) is 47.4 Å². The zero-order valence-electron chi connectivity index (χ0n) is 15.4. The molecule has 0 spiro atoms. The van der Waals surface area contributed by atoms with Crippen LogP contribution in [0, 0.1) is 6.92 Å². The van der Waals surface area contributed by atoms with Crippen LogP contribution in [0.4, 0.5) is 0 Å². The van der Waals surface area contributed by atoms with E-state index < -0.39 is 10.0 Å². The van der Waals surface area contributed by atoms with Gasteiger partial charge in [-0.05, 0) is 67.6 Å². The number of nitrogens with zero attached hydrogens (tertiary/aromatic N) is 1. The molecule has 140 valence electrons. The highest BCUT2D eigenvalue weighted by molar-refractivity contribution is 7.89. The van der Waals surface area contributed by atoms with Crippen LogP contribution >= 0.6 is 0 Å². The number of methoxy groups -OCH3 is 1. The standard InChI is InChI=1S/C20H25NO4S/c1-4-25-20-10-9-19(13-15(20)2)26(22,23)21-12-11-17(14-21)16-5-7-18(24-3)8-6-16/h5-10,13,17H,4,11-12,14H2,1-3H3. The van der Waals surface area contributed by atoms with Crippen molar-refractivity contribution in [2.45, 2.75) is 31.1 Å². The molecule has 2 aromatic carbocycles. The monoisotopic (exact) mass is 375 g/mol. The van der Waals surface area contributed by atoms with Crippen molar-refractivity contribution in [1.82, 2.24) is 4.31 Å². The average Bonchev–Trinajstić information content (AvgIpc) is 3.14. The quantitative estimate of drug-likeness (QED) is 0.774. The first kappa shape index (κ1) is 18.7. The minimum absolute atomic E-state index is 0.208. The molecule has 6 heteroatoms. The van der Waals surface area contributed by atoms with Crippen LogP contribution in [0.5, 0.6) is 11.5 Å². The molecule has 1 aliphatic heterocycles. The highest BCUT2D eigenvalue weighted by Crippen LogP contribution is 2.33. The number of hydrogen-bond acceptors (Lipinski definition) is 4. The van der Waals surface area contributed by atoms with Crippen LogP contribution in [-0.4, -0.2) is 39.5 Å². The van der Waals surface area contributed by atoms with E-state index in [4.69, 9.17) is 9.47 Å². The van der Waals surface area contributed by atoms with E-state index in [2.05, 4.69) is 0 Å². The maximum atomic E-state index is 13.0. The summed E-state index contributed by atoms with van der Waals surface area (Å²) in [7, 11) is -1.86. The summed E-state index contributed by atoms with van der Waals surface area (Å²) >= 11 is 0. The van der Waals surface area contributed by atoms with Crippen molar-refractivity contribution in [3.8, 4) is 11.5 Å². The molecule has 0 radical (unpaired) electrons. The van der Waals surface area contributed by atoms with Crippen molar-refractivity contribution in [3.05, 3.63) is 53.6 Å². The number of benzene rings is 2. The fraction of sp³-hybridized carbons (Fsp3) is 0.400. The van der Waals surface area contributed by atoms with E-state index in [1.807, 2.05) is 38.1 Å². The van der Waals surface area contributed by atoms with Crippen LogP contribution in [0.2, 0.25) is 0 Å². The lowest BCUT2D eigenvalue weighted by molar-refractivity contribution is 0.337. The molecular weight excluding hydrogens is 350 g/mol. The molecule has 0 amide bonds. The molecule has 1 atom stereocenters. The van der Waals surface area contributed by atoms with Crippen molar-refractivity contribution in [3.63, 3.8) is 0 Å². The number of rotatable bonds is 6. The lowest BCUT2D eigenvalue weighted by Crippen LogP contribution is -2.28. The molecule has 0 bridgehead atoms. The predicted octanol–water partition coefficient (Wildman–Crippen LogP) is 3.58. The molecule has 1 aliphatic rings.